The molecule has 126 valence electrons. The van der Waals surface area contributed by atoms with Crippen LogP contribution in [0.15, 0.2) is 43.1 Å². The second-order valence-electron chi connectivity index (χ2n) is 6.95. The van der Waals surface area contributed by atoms with Crippen LogP contribution in [0.1, 0.15) is 24.5 Å². The van der Waals surface area contributed by atoms with Gasteiger partial charge in [-0.15, -0.1) is 6.58 Å². The van der Waals surface area contributed by atoms with Crippen molar-refractivity contribution in [3.63, 3.8) is 0 Å². The zero-order valence-electron chi connectivity index (χ0n) is 15.0. The molecular formula is C20H23KN2O2. The molecule has 5 rings (SSSR count). The van der Waals surface area contributed by atoms with E-state index in [0.717, 1.165) is 41.7 Å². The summed E-state index contributed by atoms with van der Waals surface area (Å²) < 4.78 is 5.33. The minimum Gasteiger partial charge on any atom is -0.847 e. The van der Waals surface area contributed by atoms with Gasteiger partial charge in [-0.3, -0.25) is 4.98 Å². The zero-order valence-corrected chi connectivity index (χ0v) is 18.1. The summed E-state index contributed by atoms with van der Waals surface area (Å²) in [6.07, 6.45) is 5.22. The number of piperidine rings is 3. The number of nitrogens with zero attached hydrogens (tertiary/aromatic N) is 2. The zero-order chi connectivity index (χ0) is 16.7. The Bertz CT molecular complexity index is 766. The molecule has 1 aromatic heterocycles. The van der Waals surface area contributed by atoms with Gasteiger partial charge >= 0.3 is 51.4 Å². The molecule has 5 atom stereocenters. The van der Waals surface area contributed by atoms with Gasteiger partial charge < -0.3 is 14.7 Å². The van der Waals surface area contributed by atoms with Crippen molar-refractivity contribution in [2.45, 2.75) is 25.0 Å². The first-order chi connectivity index (χ1) is 11.7. The molecule has 5 heteroatoms. The maximum Gasteiger partial charge on any atom is 1.00 e. The van der Waals surface area contributed by atoms with Crippen LogP contribution in [0.25, 0.3) is 10.9 Å². The Morgan fingerprint density at radius 3 is 2.92 bits per heavy atom. The fourth-order valence-corrected chi connectivity index (χ4v) is 4.42. The normalized spacial score (nSPS) is 29.0. The smallest absolute Gasteiger partial charge is 0.847 e. The number of methoxy groups -OCH3 is 1. The molecular weight excluding hydrogens is 339 g/mol. The molecule has 2 bridgehead atoms. The van der Waals surface area contributed by atoms with Crippen LogP contribution in [0.4, 0.5) is 0 Å². The largest absolute Gasteiger partial charge is 1.00 e. The van der Waals surface area contributed by atoms with E-state index < -0.39 is 6.10 Å². The van der Waals surface area contributed by atoms with Crippen molar-refractivity contribution in [1.82, 2.24) is 9.88 Å². The van der Waals surface area contributed by atoms with E-state index in [9.17, 15) is 5.11 Å². The number of rotatable bonds is 4. The van der Waals surface area contributed by atoms with Crippen molar-refractivity contribution in [1.29, 1.82) is 0 Å². The fraction of sp³-hybridized carbons (Fsp3) is 0.450. The molecule has 0 spiro atoms. The van der Waals surface area contributed by atoms with Gasteiger partial charge in [0.25, 0.3) is 0 Å². The maximum atomic E-state index is 13.3. The predicted octanol–water partition coefficient (Wildman–Crippen LogP) is -0.455. The fourth-order valence-electron chi connectivity index (χ4n) is 4.42. The van der Waals surface area contributed by atoms with Gasteiger partial charge in [0, 0.05) is 24.2 Å². The second kappa shape index (κ2) is 8.17. The predicted molar refractivity (Wildman–Crippen MR) is 92.8 cm³/mol. The van der Waals surface area contributed by atoms with E-state index in [1.807, 2.05) is 24.3 Å². The van der Waals surface area contributed by atoms with E-state index in [4.69, 9.17) is 4.74 Å². The van der Waals surface area contributed by atoms with Gasteiger partial charge in [-0.1, -0.05) is 12.2 Å². The molecule has 4 nitrogen and oxygen atoms in total. The van der Waals surface area contributed by atoms with E-state index in [0.29, 0.717) is 11.8 Å². The Morgan fingerprint density at radius 2 is 2.24 bits per heavy atom. The number of benzene rings is 1. The van der Waals surface area contributed by atoms with Crippen LogP contribution in [-0.2, 0) is 0 Å². The summed E-state index contributed by atoms with van der Waals surface area (Å²) in [5.41, 5.74) is 1.70. The molecule has 1 unspecified atom stereocenters. The van der Waals surface area contributed by atoms with Crippen molar-refractivity contribution >= 4 is 10.9 Å². The van der Waals surface area contributed by atoms with Gasteiger partial charge in [-0.2, -0.15) is 0 Å². The Balaban J connectivity index is 0.00000182. The van der Waals surface area contributed by atoms with Gasteiger partial charge in [0.05, 0.1) is 12.6 Å². The summed E-state index contributed by atoms with van der Waals surface area (Å²) >= 11 is 0. The van der Waals surface area contributed by atoms with Gasteiger partial charge in [0.15, 0.2) is 0 Å². The van der Waals surface area contributed by atoms with Crippen molar-refractivity contribution in [2.75, 3.05) is 20.2 Å². The first-order valence-corrected chi connectivity index (χ1v) is 8.66. The van der Waals surface area contributed by atoms with Crippen LogP contribution in [0, 0.1) is 11.8 Å². The number of pyridine rings is 1. The Hall–Kier alpha value is -0.274. The summed E-state index contributed by atoms with van der Waals surface area (Å²) in [7, 11) is 1.65. The Kier molecular flexibility index (Phi) is 6.37. The van der Waals surface area contributed by atoms with E-state index in [-0.39, 0.29) is 57.4 Å². The third-order valence-electron chi connectivity index (χ3n) is 5.79. The molecule has 3 aliphatic rings. The first kappa shape index (κ1) is 19.5. The molecule has 2 aromatic rings. The summed E-state index contributed by atoms with van der Waals surface area (Å²) in [6.45, 7) is 5.97. The molecule has 0 N–H and O–H groups in total. The topological polar surface area (TPSA) is 48.4 Å². The quantitative estimate of drug-likeness (QED) is 0.546. The standard InChI is InChI=1S/C20H23N2O2.K/c1-3-13-12-22-9-7-14(13)10-19(22)20(23)16-6-8-21-18-5-4-15(24-2)11-17(16)18;/h3-6,8,11,13-14,19-20H,1,7,9-10,12H2,2H3;/q-1;+1/t13-,14-,19-,20+;/m0./s1. The number of hydrogen-bond donors (Lipinski definition) is 0. The Morgan fingerprint density at radius 1 is 1.40 bits per heavy atom. The van der Waals surface area contributed by atoms with Crippen molar-refractivity contribution in [3.8, 4) is 5.75 Å². The monoisotopic (exact) mass is 362 g/mol. The second-order valence-corrected chi connectivity index (χ2v) is 6.95. The third kappa shape index (κ3) is 3.61. The van der Waals surface area contributed by atoms with E-state index in [2.05, 4.69) is 22.5 Å². The molecule has 0 saturated carbocycles. The van der Waals surface area contributed by atoms with E-state index >= 15 is 0 Å². The summed E-state index contributed by atoms with van der Waals surface area (Å²) in [6, 6.07) is 7.70. The van der Waals surface area contributed by atoms with Gasteiger partial charge in [-0.05, 0) is 61.1 Å². The van der Waals surface area contributed by atoms with Crippen LogP contribution < -0.4 is 61.2 Å². The molecule has 3 aliphatic heterocycles. The molecule has 0 aliphatic carbocycles. The van der Waals surface area contributed by atoms with Crippen molar-refractivity contribution in [3.05, 3.63) is 48.7 Å². The molecule has 4 heterocycles. The number of aromatic nitrogens is 1. The minimum atomic E-state index is -0.754. The van der Waals surface area contributed by atoms with Crippen molar-refractivity contribution < 1.29 is 61.2 Å². The molecule has 1 aromatic carbocycles. The first-order valence-electron chi connectivity index (χ1n) is 8.66. The average molecular weight is 363 g/mol. The van der Waals surface area contributed by atoms with E-state index in [1.54, 1.807) is 13.3 Å². The summed E-state index contributed by atoms with van der Waals surface area (Å²) in [5, 5.41) is 14.3. The summed E-state index contributed by atoms with van der Waals surface area (Å²) in [5.74, 6) is 1.91. The van der Waals surface area contributed by atoms with Crippen molar-refractivity contribution in [2.24, 2.45) is 11.8 Å². The van der Waals surface area contributed by atoms with Gasteiger partial charge in [-0.25, -0.2) is 0 Å². The third-order valence-corrected chi connectivity index (χ3v) is 5.79. The summed E-state index contributed by atoms with van der Waals surface area (Å²) in [4.78, 5) is 6.77. The van der Waals surface area contributed by atoms with Crippen LogP contribution >= 0.6 is 0 Å². The molecule has 3 saturated heterocycles. The van der Waals surface area contributed by atoms with Crippen LogP contribution in [0.3, 0.4) is 0 Å². The minimum absolute atomic E-state index is 0. The van der Waals surface area contributed by atoms with Crippen LogP contribution in [0.5, 0.6) is 5.75 Å². The van der Waals surface area contributed by atoms with E-state index in [1.165, 1.54) is 6.42 Å². The SMILES string of the molecule is C=C[C@H]1CN2CC[C@H]1C[C@H]2[C@H]([O-])c1ccnc2ccc(OC)cc12.[K+]. The maximum absolute atomic E-state index is 13.3. The van der Waals surface area contributed by atoms with Gasteiger partial charge in [0.2, 0.25) is 0 Å². The van der Waals surface area contributed by atoms with Gasteiger partial charge in [0.1, 0.15) is 5.75 Å². The average Bonchev–Trinajstić information content (AvgIpc) is 2.66. The Labute approximate surface area is 191 Å². The molecule has 0 amide bonds. The molecule has 25 heavy (non-hydrogen) atoms. The number of ether oxygens (including phenoxy) is 1. The molecule has 3 fully saturated rings. The number of hydrogen-bond acceptors (Lipinski definition) is 4. The number of fused-ring (bicyclic) bond motifs is 4. The van der Waals surface area contributed by atoms with Crippen LogP contribution in [0.2, 0.25) is 0 Å². The van der Waals surface area contributed by atoms with Crippen LogP contribution in [-0.4, -0.2) is 36.1 Å². The molecule has 0 radical (unpaired) electrons.